The van der Waals surface area contributed by atoms with E-state index in [0.717, 1.165) is 0 Å². The number of aromatic nitrogens is 1. The van der Waals surface area contributed by atoms with Gasteiger partial charge in [0.1, 0.15) is 29.7 Å². The number of amides is 1. The van der Waals surface area contributed by atoms with Crippen LogP contribution in [-0.4, -0.2) is 55.8 Å². The van der Waals surface area contributed by atoms with Crippen LogP contribution in [-0.2, 0) is 33.1 Å². The summed E-state index contributed by atoms with van der Waals surface area (Å²) in [5.74, 6) is -0.661. The molecule has 1 aromatic carbocycles. The standard InChI is InChI=1S/C20H19FN2O5S/c1-10-4-11-15(9-29(28)3-2-24)12-6-23-19(13(7-25)14(8-26)20(23)27)18(12)22-17(11)5-16(10)21/h4-5,7,19,24,26H,2-3,6,8-9H2,1H3/t19?,29-/m0/s1. The molecular formula is C20H19FN2O5S. The van der Waals surface area contributed by atoms with Crippen molar-refractivity contribution in [2.45, 2.75) is 25.3 Å². The Morgan fingerprint density at radius 3 is 2.83 bits per heavy atom. The molecule has 0 aliphatic carbocycles. The molecule has 0 saturated carbocycles. The van der Waals surface area contributed by atoms with Gasteiger partial charge in [-0.3, -0.25) is 9.59 Å². The van der Waals surface area contributed by atoms with Crippen LogP contribution in [0, 0.1) is 12.7 Å². The van der Waals surface area contributed by atoms with Gasteiger partial charge in [-0.05, 0) is 29.7 Å². The second-order valence-electron chi connectivity index (χ2n) is 7.13. The van der Waals surface area contributed by atoms with E-state index in [-0.39, 0.29) is 35.8 Å². The van der Waals surface area contributed by atoms with Crippen molar-refractivity contribution in [2.24, 2.45) is 0 Å². The summed E-state index contributed by atoms with van der Waals surface area (Å²) in [5, 5.41) is 19.3. The molecule has 2 aromatic rings. The van der Waals surface area contributed by atoms with E-state index in [1.807, 2.05) is 0 Å². The molecule has 2 aliphatic rings. The van der Waals surface area contributed by atoms with Crippen LogP contribution in [0.5, 0.6) is 0 Å². The van der Waals surface area contributed by atoms with Gasteiger partial charge >= 0.3 is 0 Å². The lowest BCUT2D eigenvalue weighted by Gasteiger charge is -2.16. The Hall–Kier alpha value is -2.33. The summed E-state index contributed by atoms with van der Waals surface area (Å²) in [7, 11) is 0. The second kappa shape index (κ2) is 7.49. The summed E-state index contributed by atoms with van der Waals surface area (Å²) >= 11 is -1.36. The number of aliphatic hydroxyl groups is 2. The molecule has 9 heteroatoms. The van der Waals surface area contributed by atoms with Crippen molar-refractivity contribution in [3.63, 3.8) is 0 Å². The third-order valence-corrected chi connectivity index (χ3v) is 6.74. The molecular weight excluding hydrogens is 399 g/mol. The van der Waals surface area contributed by atoms with Gasteiger partial charge in [0.25, 0.3) is 5.91 Å². The number of fused-ring (bicyclic) bond motifs is 4. The van der Waals surface area contributed by atoms with E-state index < -0.39 is 35.5 Å². The van der Waals surface area contributed by atoms with Gasteiger partial charge in [-0.25, -0.2) is 9.37 Å². The summed E-state index contributed by atoms with van der Waals surface area (Å²) < 4.78 is 26.6. The molecule has 2 aliphatic heterocycles. The zero-order valence-electron chi connectivity index (χ0n) is 15.6. The highest BCUT2D eigenvalue weighted by molar-refractivity contribution is 7.90. The van der Waals surface area contributed by atoms with Gasteiger partial charge < -0.3 is 19.7 Å². The second-order valence-corrected chi connectivity index (χ2v) is 8.71. The van der Waals surface area contributed by atoms with Gasteiger partial charge in [-0.15, -0.1) is 0 Å². The Bertz CT molecular complexity index is 1070. The molecule has 0 spiro atoms. The van der Waals surface area contributed by atoms with Crippen LogP contribution in [0.4, 0.5) is 4.39 Å². The smallest absolute Gasteiger partial charge is 0.253 e. The average Bonchev–Trinajstić information content (AvgIpc) is 3.18. The van der Waals surface area contributed by atoms with E-state index in [1.165, 1.54) is 11.0 Å². The number of hydrogen-bond acceptors (Lipinski definition) is 6. The third-order valence-electron chi connectivity index (χ3n) is 5.49. The number of carbonyl (C=O) groups excluding carboxylic acids is 2. The van der Waals surface area contributed by atoms with Crippen molar-refractivity contribution in [3.8, 4) is 0 Å². The summed E-state index contributed by atoms with van der Waals surface area (Å²) in [4.78, 5) is 30.3. The quantitative estimate of drug-likeness (QED) is 0.530. The molecule has 7 nitrogen and oxygen atoms in total. The minimum Gasteiger partial charge on any atom is -0.616 e. The van der Waals surface area contributed by atoms with E-state index in [1.54, 1.807) is 13.0 Å². The molecule has 152 valence electrons. The maximum absolute atomic E-state index is 14.2. The van der Waals surface area contributed by atoms with Crippen LogP contribution >= 0.6 is 0 Å². The molecule has 0 radical (unpaired) electrons. The SMILES string of the molecule is Cc1cc2c(C[S@@+]([O-])CCO)c3c(nc2cc1F)C1C(C=O)=C(CO)C(=O)N1C3. The highest BCUT2D eigenvalue weighted by atomic mass is 32.2. The average molecular weight is 418 g/mol. The normalized spacial score (nSPS) is 19.1. The topological polar surface area (TPSA) is 114 Å². The molecule has 1 amide bonds. The zero-order valence-corrected chi connectivity index (χ0v) is 16.5. The Morgan fingerprint density at radius 2 is 2.17 bits per heavy atom. The Kier molecular flexibility index (Phi) is 5.16. The Morgan fingerprint density at radius 1 is 1.41 bits per heavy atom. The minimum atomic E-state index is -1.36. The first kappa shape index (κ1) is 20.0. The van der Waals surface area contributed by atoms with Crippen molar-refractivity contribution in [2.75, 3.05) is 19.0 Å². The number of aldehydes is 1. The fourth-order valence-electron chi connectivity index (χ4n) is 4.09. The van der Waals surface area contributed by atoms with E-state index in [9.17, 15) is 23.6 Å². The molecule has 4 rings (SSSR count). The van der Waals surface area contributed by atoms with Gasteiger partial charge in [0.05, 0.1) is 30.0 Å². The highest BCUT2D eigenvalue weighted by Gasteiger charge is 2.46. The number of pyridine rings is 1. The van der Waals surface area contributed by atoms with Gasteiger partial charge in [-0.2, -0.15) is 0 Å². The van der Waals surface area contributed by atoms with Gasteiger partial charge in [0, 0.05) is 34.7 Å². The lowest BCUT2D eigenvalue weighted by molar-refractivity contribution is -0.127. The van der Waals surface area contributed by atoms with Crippen LogP contribution in [0.3, 0.4) is 0 Å². The first-order chi connectivity index (χ1) is 13.9. The van der Waals surface area contributed by atoms with Gasteiger partial charge in [-0.1, -0.05) is 0 Å². The largest absolute Gasteiger partial charge is 0.616 e. The summed E-state index contributed by atoms with van der Waals surface area (Å²) in [6.07, 6.45) is 0.550. The lowest BCUT2D eigenvalue weighted by Crippen LogP contribution is -2.25. The summed E-state index contributed by atoms with van der Waals surface area (Å²) in [6.45, 7) is 1.00. The molecule has 1 aromatic heterocycles. The molecule has 2 atom stereocenters. The maximum atomic E-state index is 14.2. The number of aryl methyl sites for hydroxylation is 1. The monoisotopic (exact) mass is 418 g/mol. The molecule has 2 N–H and O–H groups in total. The fourth-order valence-corrected chi connectivity index (χ4v) is 5.09. The van der Waals surface area contributed by atoms with Crippen LogP contribution in [0.25, 0.3) is 10.9 Å². The molecule has 0 bridgehead atoms. The van der Waals surface area contributed by atoms with Crippen LogP contribution in [0.2, 0.25) is 0 Å². The predicted molar refractivity (Wildman–Crippen MR) is 104 cm³/mol. The van der Waals surface area contributed by atoms with Crippen LogP contribution in [0.15, 0.2) is 23.3 Å². The molecule has 3 heterocycles. The lowest BCUT2D eigenvalue weighted by atomic mass is 9.96. The van der Waals surface area contributed by atoms with Crippen molar-refractivity contribution in [1.29, 1.82) is 0 Å². The highest BCUT2D eigenvalue weighted by Crippen LogP contribution is 2.46. The van der Waals surface area contributed by atoms with Crippen molar-refractivity contribution < 1.29 is 28.7 Å². The van der Waals surface area contributed by atoms with Crippen LogP contribution in [0.1, 0.15) is 28.4 Å². The third kappa shape index (κ3) is 3.05. The number of carbonyl (C=O) groups is 2. The number of nitrogens with zero attached hydrogens (tertiary/aromatic N) is 2. The number of halogens is 1. The van der Waals surface area contributed by atoms with Crippen molar-refractivity contribution in [3.05, 3.63) is 51.5 Å². The number of rotatable bonds is 6. The molecule has 1 unspecified atom stereocenters. The van der Waals surface area contributed by atoms with E-state index in [2.05, 4.69) is 4.98 Å². The first-order valence-corrected chi connectivity index (χ1v) is 10.6. The Balaban J connectivity index is 1.96. The Labute approximate surface area is 169 Å². The van der Waals surface area contributed by atoms with E-state index >= 15 is 0 Å². The number of benzene rings is 1. The summed E-state index contributed by atoms with van der Waals surface area (Å²) in [6, 6.07) is 2.20. The van der Waals surface area contributed by atoms with Gasteiger partial charge in [0.2, 0.25) is 0 Å². The summed E-state index contributed by atoms with van der Waals surface area (Å²) in [5.41, 5.74) is 2.76. The van der Waals surface area contributed by atoms with E-state index in [0.29, 0.717) is 39.6 Å². The van der Waals surface area contributed by atoms with Crippen LogP contribution < -0.4 is 0 Å². The zero-order chi connectivity index (χ0) is 20.9. The maximum Gasteiger partial charge on any atom is 0.253 e. The predicted octanol–water partition coefficient (Wildman–Crippen LogP) is 0.808. The number of aliphatic hydroxyl groups excluding tert-OH is 2. The number of hydrogen-bond donors (Lipinski definition) is 2. The van der Waals surface area contributed by atoms with E-state index in [4.69, 9.17) is 5.11 Å². The van der Waals surface area contributed by atoms with Crippen molar-refractivity contribution in [1.82, 2.24) is 9.88 Å². The minimum absolute atomic E-state index is 0.0399. The molecule has 0 saturated heterocycles. The first-order valence-electron chi connectivity index (χ1n) is 9.08. The molecule has 29 heavy (non-hydrogen) atoms. The van der Waals surface area contributed by atoms with Gasteiger partial charge in [0.15, 0.2) is 0 Å². The fraction of sp³-hybridized carbons (Fsp3) is 0.350. The molecule has 0 fully saturated rings. The van der Waals surface area contributed by atoms with Crippen molar-refractivity contribution >= 4 is 34.3 Å².